The van der Waals surface area contributed by atoms with Gasteiger partial charge in [0.1, 0.15) is 5.82 Å². The van der Waals surface area contributed by atoms with Gasteiger partial charge in [-0.1, -0.05) is 6.92 Å². The summed E-state index contributed by atoms with van der Waals surface area (Å²) < 4.78 is 2.06. The third-order valence-corrected chi connectivity index (χ3v) is 2.62. The summed E-state index contributed by atoms with van der Waals surface area (Å²) in [5, 5.41) is 0. The Bertz CT molecular complexity index is 282. The molecule has 1 atom stereocenters. The molecule has 1 rings (SSSR count). The van der Waals surface area contributed by atoms with Crippen molar-refractivity contribution in [3.63, 3.8) is 0 Å². The van der Waals surface area contributed by atoms with E-state index in [4.69, 9.17) is 5.73 Å². The van der Waals surface area contributed by atoms with Gasteiger partial charge in [0, 0.05) is 26.0 Å². The minimum Gasteiger partial charge on any atom is -0.337 e. The topological polar surface area (TPSA) is 47.1 Å². The average Bonchev–Trinajstić information content (AvgIpc) is 2.52. The molecule has 15 heavy (non-hydrogen) atoms. The van der Waals surface area contributed by atoms with Crippen molar-refractivity contribution >= 4 is 0 Å². The van der Waals surface area contributed by atoms with E-state index in [1.54, 1.807) is 0 Å². The lowest BCUT2D eigenvalue weighted by molar-refractivity contribution is 0.265. The number of nitrogens with zero attached hydrogens (tertiary/aromatic N) is 3. The lowest BCUT2D eigenvalue weighted by Gasteiger charge is -2.20. The van der Waals surface area contributed by atoms with Crippen LogP contribution in [0.5, 0.6) is 0 Å². The molecule has 0 radical (unpaired) electrons. The van der Waals surface area contributed by atoms with Crippen LogP contribution in [0.2, 0.25) is 0 Å². The first kappa shape index (κ1) is 12.2. The first-order valence-electron chi connectivity index (χ1n) is 5.48. The summed E-state index contributed by atoms with van der Waals surface area (Å²) >= 11 is 0. The van der Waals surface area contributed by atoms with Crippen LogP contribution >= 0.6 is 0 Å². The first-order valence-corrected chi connectivity index (χ1v) is 5.48. The van der Waals surface area contributed by atoms with E-state index >= 15 is 0 Å². The molecule has 1 unspecified atom stereocenters. The highest BCUT2D eigenvalue weighted by atomic mass is 15.1. The molecule has 0 saturated carbocycles. The van der Waals surface area contributed by atoms with Crippen molar-refractivity contribution in [3.8, 4) is 0 Å². The van der Waals surface area contributed by atoms with E-state index in [2.05, 4.69) is 28.4 Å². The van der Waals surface area contributed by atoms with Gasteiger partial charge in [-0.2, -0.15) is 0 Å². The molecule has 0 aromatic carbocycles. The molecular weight excluding hydrogens is 188 g/mol. The number of rotatable bonds is 6. The van der Waals surface area contributed by atoms with Gasteiger partial charge in [0.15, 0.2) is 0 Å². The van der Waals surface area contributed by atoms with Gasteiger partial charge in [0.2, 0.25) is 0 Å². The predicted octanol–water partition coefficient (Wildman–Crippen LogP) is 0.837. The quantitative estimate of drug-likeness (QED) is 0.757. The molecule has 1 heterocycles. The number of hydrogen-bond acceptors (Lipinski definition) is 3. The number of imidazole rings is 1. The third kappa shape index (κ3) is 4.01. The van der Waals surface area contributed by atoms with Crippen LogP contribution in [0.25, 0.3) is 0 Å². The minimum absolute atomic E-state index is 0.653. The molecular formula is C11H22N4. The van der Waals surface area contributed by atoms with Crippen molar-refractivity contribution in [2.45, 2.75) is 19.9 Å². The summed E-state index contributed by atoms with van der Waals surface area (Å²) in [7, 11) is 4.15. The van der Waals surface area contributed by atoms with Crippen molar-refractivity contribution in [1.29, 1.82) is 0 Å². The zero-order chi connectivity index (χ0) is 11.3. The van der Waals surface area contributed by atoms with Gasteiger partial charge < -0.3 is 10.3 Å². The molecule has 0 aliphatic carbocycles. The first-order chi connectivity index (χ1) is 7.13. The minimum atomic E-state index is 0.653. The number of nitrogens with two attached hydrogens (primary N) is 1. The Hall–Kier alpha value is -0.870. The summed E-state index contributed by atoms with van der Waals surface area (Å²) in [4.78, 5) is 6.60. The number of aryl methyl sites for hydroxylation is 1. The van der Waals surface area contributed by atoms with Crippen molar-refractivity contribution in [1.82, 2.24) is 14.5 Å². The zero-order valence-corrected chi connectivity index (χ0v) is 9.98. The lowest BCUT2D eigenvalue weighted by Crippen LogP contribution is -2.26. The summed E-state index contributed by atoms with van der Waals surface area (Å²) in [5.41, 5.74) is 5.53. The van der Waals surface area contributed by atoms with E-state index in [9.17, 15) is 0 Å². The molecule has 1 aromatic heterocycles. The molecule has 0 spiro atoms. The van der Waals surface area contributed by atoms with Crippen molar-refractivity contribution in [3.05, 3.63) is 18.2 Å². The second kappa shape index (κ2) is 5.88. The smallest absolute Gasteiger partial charge is 0.122 e. The van der Waals surface area contributed by atoms with Gasteiger partial charge in [-0.15, -0.1) is 0 Å². The SMILES string of the molecule is CC(CCN)CN(C)Cc1nccn1C. The standard InChI is InChI=1S/C11H22N4/c1-10(4-5-12)8-14(2)9-11-13-6-7-15(11)3/h6-7,10H,4-5,8-9,12H2,1-3H3. The molecule has 0 aliphatic heterocycles. The average molecular weight is 210 g/mol. The van der Waals surface area contributed by atoms with E-state index < -0.39 is 0 Å². The molecule has 86 valence electrons. The molecule has 0 aliphatic rings. The van der Waals surface area contributed by atoms with Gasteiger partial charge in [0.05, 0.1) is 6.54 Å². The fraction of sp³-hybridized carbons (Fsp3) is 0.727. The largest absolute Gasteiger partial charge is 0.337 e. The van der Waals surface area contributed by atoms with Crippen LogP contribution < -0.4 is 5.73 Å². The Balaban J connectivity index is 2.36. The summed E-state index contributed by atoms with van der Waals surface area (Å²) in [6.45, 7) is 4.99. The predicted molar refractivity (Wildman–Crippen MR) is 62.4 cm³/mol. The second-order valence-corrected chi connectivity index (χ2v) is 4.33. The van der Waals surface area contributed by atoms with Gasteiger partial charge >= 0.3 is 0 Å². The fourth-order valence-electron chi connectivity index (χ4n) is 1.76. The van der Waals surface area contributed by atoms with Crippen molar-refractivity contribution in [2.24, 2.45) is 18.7 Å². The Morgan fingerprint density at radius 3 is 2.87 bits per heavy atom. The highest BCUT2D eigenvalue weighted by Gasteiger charge is 2.08. The zero-order valence-electron chi connectivity index (χ0n) is 9.98. The van der Waals surface area contributed by atoms with Crippen LogP contribution in [0.3, 0.4) is 0 Å². The monoisotopic (exact) mass is 210 g/mol. The second-order valence-electron chi connectivity index (χ2n) is 4.33. The Kier molecular flexibility index (Phi) is 4.78. The molecule has 0 amide bonds. The molecule has 0 saturated heterocycles. The molecule has 0 bridgehead atoms. The van der Waals surface area contributed by atoms with Gasteiger partial charge in [-0.3, -0.25) is 4.90 Å². The maximum absolute atomic E-state index is 5.53. The van der Waals surface area contributed by atoms with Crippen LogP contribution in [0.15, 0.2) is 12.4 Å². The van der Waals surface area contributed by atoms with Crippen LogP contribution in [-0.2, 0) is 13.6 Å². The summed E-state index contributed by atoms with van der Waals surface area (Å²) in [6.07, 6.45) is 4.91. The van der Waals surface area contributed by atoms with Crippen molar-refractivity contribution in [2.75, 3.05) is 20.1 Å². The molecule has 2 N–H and O–H groups in total. The number of hydrogen-bond donors (Lipinski definition) is 1. The third-order valence-electron chi connectivity index (χ3n) is 2.62. The molecule has 4 nitrogen and oxygen atoms in total. The van der Waals surface area contributed by atoms with E-state index in [1.165, 1.54) is 0 Å². The highest BCUT2D eigenvalue weighted by Crippen LogP contribution is 2.05. The molecule has 4 heteroatoms. The van der Waals surface area contributed by atoms with Gasteiger partial charge in [-0.05, 0) is 25.9 Å². The summed E-state index contributed by atoms with van der Waals surface area (Å²) in [5.74, 6) is 1.76. The van der Waals surface area contributed by atoms with Crippen LogP contribution in [0, 0.1) is 5.92 Å². The normalized spacial score (nSPS) is 13.4. The number of aromatic nitrogens is 2. The Morgan fingerprint density at radius 2 is 2.33 bits per heavy atom. The van der Waals surface area contributed by atoms with Gasteiger partial charge in [0.25, 0.3) is 0 Å². The maximum atomic E-state index is 5.53. The van der Waals surface area contributed by atoms with Crippen LogP contribution in [0.4, 0.5) is 0 Å². The van der Waals surface area contributed by atoms with E-state index in [0.717, 1.165) is 31.9 Å². The van der Waals surface area contributed by atoms with Crippen molar-refractivity contribution < 1.29 is 0 Å². The fourth-order valence-corrected chi connectivity index (χ4v) is 1.76. The Labute approximate surface area is 92.1 Å². The van der Waals surface area contributed by atoms with E-state index in [-0.39, 0.29) is 0 Å². The lowest BCUT2D eigenvalue weighted by atomic mass is 10.1. The van der Waals surface area contributed by atoms with E-state index in [1.807, 2.05) is 19.4 Å². The molecule has 0 fully saturated rings. The highest BCUT2D eigenvalue weighted by molar-refractivity contribution is 4.90. The van der Waals surface area contributed by atoms with Crippen LogP contribution in [-0.4, -0.2) is 34.6 Å². The summed E-state index contributed by atoms with van der Waals surface area (Å²) in [6, 6.07) is 0. The maximum Gasteiger partial charge on any atom is 0.122 e. The van der Waals surface area contributed by atoms with E-state index in [0.29, 0.717) is 5.92 Å². The molecule has 1 aromatic rings. The van der Waals surface area contributed by atoms with Gasteiger partial charge in [-0.25, -0.2) is 4.98 Å². The van der Waals surface area contributed by atoms with Crippen LogP contribution in [0.1, 0.15) is 19.2 Å². The Morgan fingerprint density at radius 1 is 1.60 bits per heavy atom.